The SMILES string of the molecule is CCC/C=C\C/C=C\CCCCCCCC(=O)OCC(COC(=O)CCCCCCCCCCCCCCCCCCCCC)OC(=O)CCCCCCCCCCCCCCCCCCC. The number of carbonyl (C=O) groups excluding carboxylic acids is 3. The summed E-state index contributed by atoms with van der Waals surface area (Å²) in [4.78, 5) is 38.2. The zero-order valence-corrected chi connectivity index (χ0v) is 45.2. The van der Waals surface area contributed by atoms with Crippen LogP contribution < -0.4 is 0 Å². The lowest BCUT2D eigenvalue weighted by Crippen LogP contribution is -2.30. The minimum atomic E-state index is -0.772. The van der Waals surface area contributed by atoms with Gasteiger partial charge in [-0.2, -0.15) is 0 Å². The van der Waals surface area contributed by atoms with Crippen LogP contribution in [0.3, 0.4) is 0 Å². The Hall–Kier alpha value is -2.11. The summed E-state index contributed by atoms with van der Waals surface area (Å²) >= 11 is 0. The normalized spacial score (nSPS) is 12.1. The third kappa shape index (κ3) is 54.7. The van der Waals surface area contributed by atoms with Crippen LogP contribution in [0.2, 0.25) is 0 Å². The third-order valence-corrected chi connectivity index (χ3v) is 13.4. The van der Waals surface area contributed by atoms with Gasteiger partial charge >= 0.3 is 17.9 Å². The van der Waals surface area contributed by atoms with E-state index in [1.165, 1.54) is 205 Å². The van der Waals surface area contributed by atoms with Gasteiger partial charge in [-0.15, -0.1) is 0 Å². The van der Waals surface area contributed by atoms with Crippen LogP contribution in [0.25, 0.3) is 0 Å². The van der Waals surface area contributed by atoms with E-state index in [9.17, 15) is 14.4 Å². The Bertz CT molecular complexity index is 1080. The van der Waals surface area contributed by atoms with Crippen LogP contribution in [0.1, 0.15) is 329 Å². The maximum absolute atomic E-state index is 12.9. The number of esters is 3. The van der Waals surface area contributed by atoms with E-state index in [4.69, 9.17) is 14.2 Å². The molecule has 6 heteroatoms. The lowest BCUT2D eigenvalue weighted by Gasteiger charge is -2.18. The highest BCUT2D eigenvalue weighted by Crippen LogP contribution is 2.17. The van der Waals surface area contributed by atoms with Crippen molar-refractivity contribution in [3.8, 4) is 0 Å². The molecule has 0 aliphatic heterocycles. The van der Waals surface area contributed by atoms with Crippen molar-refractivity contribution in [2.75, 3.05) is 13.2 Å². The molecule has 0 aromatic carbocycles. The molecule has 0 N–H and O–H groups in total. The lowest BCUT2D eigenvalue weighted by molar-refractivity contribution is -0.167. The van der Waals surface area contributed by atoms with Gasteiger partial charge in [0.2, 0.25) is 0 Å². The van der Waals surface area contributed by atoms with Crippen LogP contribution in [0.5, 0.6) is 0 Å². The fraction of sp³-hybridized carbons (Fsp3) is 0.885. The van der Waals surface area contributed by atoms with Gasteiger partial charge in [-0.05, 0) is 44.9 Å². The van der Waals surface area contributed by atoms with Crippen LogP contribution in [0, 0.1) is 0 Å². The second-order valence-corrected chi connectivity index (χ2v) is 20.3. The zero-order valence-electron chi connectivity index (χ0n) is 45.2. The molecule has 394 valence electrons. The first-order chi connectivity index (χ1) is 33.0. The molecule has 0 radical (unpaired) electrons. The van der Waals surface area contributed by atoms with Gasteiger partial charge in [-0.1, -0.05) is 289 Å². The summed E-state index contributed by atoms with van der Waals surface area (Å²) in [5, 5.41) is 0. The van der Waals surface area contributed by atoms with Gasteiger partial charge in [0.25, 0.3) is 0 Å². The summed E-state index contributed by atoms with van der Waals surface area (Å²) in [6, 6.07) is 0. The summed E-state index contributed by atoms with van der Waals surface area (Å²) in [5.41, 5.74) is 0. The van der Waals surface area contributed by atoms with E-state index in [0.717, 1.165) is 83.5 Å². The number of unbranched alkanes of at least 4 members (excludes halogenated alkanes) is 40. The standard InChI is InChI=1S/C61H114O6/c1-4-7-10-13-16-19-22-25-27-29-30-32-33-36-39-42-45-48-51-54-60(63)66-57-58(56-65-59(62)53-50-47-44-41-38-35-24-21-18-15-12-9-6-3)67-61(64)55-52-49-46-43-40-37-34-31-28-26-23-20-17-14-11-8-5-2/h12,15,21,24,58H,4-11,13-14,16-20,22-23,25-57H2,1-3H3/b15-12-,24-21-. The van der Waals surface area contributed by atoms with Crippen molar-refractivity contribution in [3.63, 3.8) is 0 Å². The van der Waals surface area contributed by atoms with Crippen molar-refractivity contribution in [1.82, 2.24) is 0 Å². The van der Waals surface area contributed by atoms with E-state index < -0.39 is 6.10 Å². The Morgan fingerprint density at radius 3 is 0.881 bits per heavy atom. The van der Waals surface area contributed by atoms with Crippen molar-refractivity contribution in [3.05, 3.63) is 24.3 Å². The van der Waals surface area contributed by atoms with Crippen molar-refractivity contribution in [2.24, 2.45) is 0 Å². The lowest BCUT2D eigenvalue weighted by atomic mass is 10.0. The molecule has 0 bridgehead atoms. The fourth-order valence-corrected chi connectivity index (χ4v) is 8.95. The minimum absolute atomic E-state index is 0.0699. The number of hydrogen-bond acceptors (Lipinski definition) is 6. The highest BCUT2D eigenvalue weighted by molar-refractivity contribution is 5.71. The Morgan fingerprint density at radius 1 is 0.299 bits per heavy atom. The molecule has 0 rings (SSSR count). The smallest absolute Gasteiger partial charge is 0.306 e. The van der Waals surface area contributed by atoms with Crippen LogP contribution in [0.4, 0.5) is 0 Å². The zero-order chi connectivity index (χ0) is 48.6. The van der Waals surface area contributed by atoms with Gasteiger partial charge < -0.3 is 14.2 Å². The van der Waals surface area contributed by atoms with Crippen LogP contribution in [-0.2, 0) is 28.6 Å². The summed E-state index contributed by atoms with van der Waals surface area (Å²) in [7, 11) is 0. The van der Waals surface area contributed by atoms with Crippen LogP contribution >= 0.6 is 0 Å². The predicted octanol–water partition coefficient (Wildman–Crippen LogP) is 19.9. The molecule has 6 nitrogen and oxygen atoms in total. The van der Waals surface area contributed by atoms with Crippen LogP contribution in [0.15, 0.2) is 24.3 Å². The number of ether oxygens (including phenoxy) is 3. The topological polar surface area (TPSA) is 78.9 Å². The molecule has 0 amide bonds. The summed E-state index contributed by atoms with van der Waals surface area (Å²) < 4.78 is 16.9. The highest BCUT2D eigenvalue weighted by Gasteiger charge is 2.19. The van der Waals surface area contributed by atoms with Gasteiger partial charge in [-0.25, -0.2) is 0 Å². The molecule has 0 aliphatic rings. The first-order valence-electron chi connectivity index (χ1n) is 29.8. The fourth-order valence-electron chi connectivity index (χ4n) is 8.95. The average molecular weight is 944 g/mol. The molecule has 0 saturated carbocycles. The molecule has 0 heterocycles. The van der Waals surface area contributed by atoms with Gasteiger partial charge in [0, 0.05) is 19.3 Å². The maximum Gasteiger partial charge on any atom is 0.306 e. The number of allylic oxidation sites excluding steroid dienone is 4. The second-order valence-electron chi connectivity index (χ2n) is 20.3. The van der Waals surface area contributed by atoms with E-state index in [0.29, 0.717) is 19.3 Å². The Kier molecular flexibility index (Phi) is 54.7. The molecule has 1 unspecified atom stereocenters. The molecule has 67 heavy (non-hydrogen) atoms. The molecule has 0 aromatic rings. The molecular weight excluding hydrogens is 829 g/mol. The van der Waals surface area contributed by atoms with E-state index in [2.05, 4.69) is 45.1 Å². The number of hydrogen-bond donors (Lipinski definition) is 0. The summed E-state index contributed by atoms with van der Waals surface area (Å²) in [6.07, 6.45) is 66.0. The maximum atomic E-state index is 12.9. The summed E-state index contributed by atoms with van der Waals surface area (Å²) in [5.74, 6) is -0.861. The molecule has 0 fully saturated rings. The van der Waals surface area contributed by atoms with Crippen molar-refractivity contribution in [1.29, 1.82) is 0 Å². The minimum Gasteiger partial charge on any atom is -0.462 e. The quantitative estimate of drug-likeness (QED) is 0.0262. The molecular formula is C61H114O6. The first kappa shape index (κ1) is 64.9. The van der Waals surface area contributed by atoms with E-state index in [-0.39, 0.29) is 31.1 Å². The van der Waals surface area contributed by atoms with Gasteiger partial charge in [0.05, 0.1) is 0 Å². The number of carbonyl (C=O) groups is 3. The summed E-state index contributed by atoms with van der Waals surface area (Å²) in [6.45, 7) is 6.62. The second kappa shape index (κ2) is 56.5. The van der Waals surface area contributed by atoms with Gasteiger partial charge in [0.1, 0.15) is 13.2 Å². The van der Waals surface area contributed by atoms with Crippen molar-refractivity contribution < 1.29 is 28.6 Å². The van der Waals surface area contributed by atoms with Crippen molar-refractivity contribution in [2.45, 2.75) is 335 Å². The molecule has 0 spiro atoms. The Morgan fingerprint density at radius 2 is 0.567 bits per heavy atom. The molecule has 0 aliphatic carbocycles. The van der Waals surface area contributed by atoms with Crippen molar-refractivity contribution >= 4 is 17.9 Å². The largest absolute Gasteiger partial charge is 0.462 e. The molecule has 1 atom stereocenters. The third-order valence-electron chi connectivity index (χ3n) is 13.4. The Balaban J connectivity index is 4.29. The molecule has 0 aromatic heterocycles. The van der Waals surface area contributed by atoms with Gasteiger partial charge in [0.15, 0.2) is 6.10 Å². The van der Waals surface area contributed by atoms with E-state index >= 15 is 0 Å². The highest BCUT2D eigenvalue weighted by atomic mass is 16.6. The monoisotopic (exact) mass is 943 g/mol. The first-order valence-corrected chi connectivity index (χ1v) is 29.8. The molecule has 0 saturated heterocycles. The van der Waals surface area contributed by atoms with Crippen LogP contribution in [-0.4, -0.2) is 37.2 Å². The number of rotatable bonds is 55. The Labute approximate surface area is 417 Å². The van der Waals surface area contributed by atoms with E-state index in [1.54, 1.807) is 0 Å². The van der Waals surface area contributed by atoms with Gasteiger partial charge in [-0.3, -0.25) is 14.4 Å². The predicted molar refractivity (Wildman–Crippen MR) is 289 cm³/mol. The average Bonchev–Trinajstić information content (AvgIpc) is 3.33. The van der Waals surface area contributed by atoms with E-state index in [1.807, 2.05) is 0 Å².